The monoisotopic (exact) mass is 356 g/mol. The van der Waals surface area contributed by atoms with E-state index in [1.54, 1.807) is 4.90 Å². The Morgan fingerprint density at radius 1 is 1.36 bits per heavy atom. The number of carbonyl (C=O) groups is 2. The zero-order chi connectivity index (χ0) is 18.6. The van der Waals surface area contributed by atoms with E-state index in [1.165, 1.54) is 12.1 Å². The van der Waals surface area contributed by atoms with Gasteiger partial charge < -0.3 is 10.2 Å². The Morgan fingerprint density at radius 2 is 2.08 bits per heavy atom. The molecule has 1 N–H and O–H groups in total. The smallest absolute Gasteiger partial charge is 0.352 e. The van der Waals surface area contributed by atoms with Crippen LogP contribution in [0.4, 0.5) is 13.2 Å². The molecule has 138 valence electrons. The number of halogens is 3. The summed E-state index contributed by atoms with van der Waals surface area (Å²) in [6.45, 7) is 5.16. The summed E-state index contributed by atoms with van der Waals surface area (Å²) in [6, 6.07) is 4.86. The van der Waals surface area contributed by atoms with Gasteiger partial charge in [0, 0.05) is 26.1 Å². The molecule has 1 heterocycles. The highest BCUT2D eigenvalue weighted by Crippen LogP contribution is 2.29. The summed E-state index contributed by atoms with van der Waals surface area (Å²) in [5.74, 6) is -0.301. The Morgan fingerprint density at radius 3 is 2.72 bits per heavy atom. The van der Waals surface area contributed by atoms with Crippen LogP contribution in [0.5, 0.6) is 0 Å². The van der Waals surface area contributed by atoms with Crippen molar-refractivity contribution in [2.24, 2.45) is 11.8 Å². The molecule has 1 saturated heterocycles. The normalized spacial score (nSPS) is 18.1. The first-order chi connectivity index (χ1) is 11.7. The van der Waals surface area contributed by atoms with Gasteiger partial charge in [0.15, 0.2) is 0 Å². The maximum atomic E-state index is 12.7. The lowest BCUT2D eigenvalue weighted by molar-refractivity contribution is -0.137. The number of amides is 2. The molecule has 2 rings (SSSR count). The quantitative estimate of drug-likeness (QED) is 0.851. The first kappa shape index (κ1) is 19.3. The highest BCUT2D eigenvalue weighted by molar-refractivity contribution is 5.89. The summed E-state index contributed by atoms with van der Waals surface area (Å²) in [4.78, 5) is 25.9. The van der Waals surface area contributed by atoms with E-state index < -0.39 is 17.7 Å². The van der Waals surface area contributed by atoms with Crippen molar-refractivity contribution < 1.29 is 22.8 Å². The zero-order valence-electron chi connectivity index (χ0n) is 14.4. The van der Waals surface area contributed by atoms with Gasteiger partial charge in [-0.2, -0.15) is 13.2 Å². The van der Waals surface area contributed by atoms with Gasteiger partial charge in [0.25, 0.3) is 0 Å². The van der Waals surface area contributed by atoms with E-state index in [1.807, 2.05) is 0 Å². The van der Waals surface area contributed by atoms with Gasteiger partial charge in [-0.1, -0.05) is 26.0 Å². The average Bonchev–Trinajstić information content (AvgIpc) is 2.91. The van der Waals surface area contributed by atoms with Crippen LogP contribution in [0.2, 0.25) is 0 Å². The fourth-order valence-electron chi connectivity index (χ4n) is 2.77. The molecule has 0 spiro atoms. The molecule has 0 radical (unpaired) electrons. The fourth-order valence-corrected chi connectivity index (χ4v) is 2.77. The van der Waals surface area contributed by atoms with Gasteiger partial charge in [0.05, 0.1) is 11.5 Å². The highest BCUT2D eigenvalue weighted by atomic mass is 19.4. The number of nitrogens with zero attached hydrogens (tertiary/aromatic N) is 1. The molecule has 1 aliphatic heterocycles. The number of carbonyl (C=O) groups excluding carboxylic acids is 2. The molecule has 0 bridgehead atoms. The van der Waals surface area contributed by atoms with Crippen LogP contribution < -0.4 is 5.32 Å². The minimum atomic E-state index is -4.41. The van der Waals surface area contributed by atoms with Crippen molar-refractivity contribution in [2.75, 3.05) is 13.1 Å². The maximum Gasteiger partial charge on any atom is 0.416 e. The van der Waals surface area contributed by atoms with Crippen LogP contribution in [0.25, 0.3) is 0 Å². The molecular weight excluding hydrogens is 333 g/mol. The molecule has 1 aromatic rings. The number of benzene rings is 1. The van der Waals surface area contributed by atoms with Crippen molar-refractivity contribution in [1.82, 2.24) is 10.2 Å². The van der Waals surface area contributed by atoms with Crippen LogP contribution >= 0.6 is 0 Å². The molecule has 0 unspecified atom stereocenters. The van der Waals surface area contributed by atoms with E-state index in [0.717, 1.165) is 18.6 Å². The van der Waals surface area contributed by atoms with Crippen LogP contribution in [-0.2, 0) is 22.3 Å². The fraction of sp³-hybridized carbons (Fsp3) is 0.556. The molecular formula is C18H23F3N2O2. The summed E-state index contributed by atoms with van der Waals surface area (Å²) < 4.78 is 38.1. The molecule has 2 amide bonds. The molecule has 0 saturated carbocycles. The number of alkyl halides is 3. The van der Waals surface area contributed by atoms with Crippen LogP contribution in [0.3, 0.4) is 0 Å². The minimum absolute atomic E-state index is 0.0133. The molecule has 7 heteroatoms. The van der Waals surface area contributed by atoms with Crippen molar-refractivity contribution in [3.05, 3.63) is 35.4 Å². The standard InChI is InChI=1S/C18H23F3N2O2/c1-12(2)6-7-23-11-14(9-16(23)24)17(25)22-10-13-4-3-5-15(8-13)18(19,20)21/h3-5,8,12,14H,6-7,9-11H2,1-2H3,(H,22,25)/t14-/m0/s1. The topological polar surface area (TPSA) is 49.4 Å². The van der Waals surface area contributed by atoms with E-state index in [4.69, 9.17) is 0 Å². The lowest BCUT2D eigenvalue weighted by Crippen LogP contribution is -2.33. The third kappa shape index (κ3) is 5.47. The van der Waals surface area contributed by atoms with Crippen LogP contribution in [0.1, 0.15) is 37.8 Å². The number of hydrogen-bond donors (Lipinski definition) is 1. The van der Waals surface area contributed by atoms with E-state index in [-0.39, 0.29) is 24.8 Å². The van der Waals surface area contributed by atoms with E-state index >= 15 is 0 Å². The first-order valence-corrected chi connectivity index (χ1v) is 8.38. The van der Waals surface area contributed by atoms with E-state index in [0.29, 0.717) is 24.6 Å². The number of nitrogens with one attached hydrogen (secondary N) is 1. The van der Waals surface area contributed by atoms with Crippen molar-refractivity contribution in [2.45, 2.75) is 39.4 Å². The van der Waals surface area contributed by atoms with Crippen molar-refractivity contribution in [3.63, 3.8) is 0 Å². The average molecular weight is 356 g/mol. The second-order valence-electron chi connectivity index (χ2n) is 6.84. The second-order valence-corrected chi connectivity index (χ2v) is 6.84. The van der Waals surface area contributed by atoms with E-state index in [9.17, 15) is 22.8 Å². The minimum Gasteiger partial charge on any atom is -0.352 e. The molecule has 1 fully saturated rings. The summed E-state index contributed by atoms with van der Waals surface area (Å²) in [5, 5.41) is 2.64. The van der Waals surface area contributed by atoms with Crippen molar-refractivity contribution in [3.8, 4) is 0 Å². The lowest BCUT2D eigenvalue weighted by atomic mass is 10.1. The van der Waals surface area contributed by atoms with Crippen molar-refractivity contribution >= 4 is 11.8 Å². The number of likely N-dealkylation sites (tertiary alicyclic amines) is 1. The largest absolute Gasteiger partial charge is 0.416 e. The van der Waals surface area contributed by atoms with Gasteiger partial charge >= 0.3 is 6.18 Å². The molecule has 1 aliphatic rings. The number of hydrogen-bond acceptors (Lipinski definition) is 2. The number of rotatable bonds is 6. The second kappa shape index (κ2) is 7.89. The molecule has 0 aromatic heterocycles. The zero-order valence-corrected chi connectivity index (χ0v) is 14.4. The lowest BCUT2D eigenvalue weighted by Gasteiger charge is -2.17. The van der Waals surface area contributed by atoms with Gasteiger partial charge in [0.1, 0.15) is 0 Å². The Bertz CT molecular complexity index is 629. The first-order valence-electron chi connectivity index (χ1n) is 8.38. The Kier molecular flexibility index (Phi) is 6.08. The Balaban J connectivity index is 1.88. The Hall–Kier alpha value is -2.05. The van der Waals surface area contributed by atoms with Gasteiger partial charge in [-0.15, -0.1) is 0 Å². The van der Waals surface area contributed by atoms with Gasteiger partial charge in [-0.05, 0) is 30.0 Å². The summed E-state index contributed by atoms with van der Waals surface area (Å²) in [6.07, 6.45) is -3.37. The predicted octanol–water partition coefficient (Wildman–Crippen LogP) is 3.22. The van der Waals surface area contributed by atoms with Crippen LogP contribution in [0, 0.1) is 11.8 Å². The summed E-state index contributed by atoms with van der Waals surface area (Å²) >= 11 is 0. The summed E-state index contributed by atoms with van der Waals surface area (Å²) in [5.41, 5.74) is -0.362. The third-order valence-corrected chi connectivity index (χ3v) is 4.28. The predicted molar refractivity (Wildman–Crippen MR) is 87.4 cm³/mol. The van der Waals surface area contributed by atoms with Crippen LogP contribution in [-0.4, -0.2) is 29.8 Å². The highest BCUT2D eigenvalue weighted by Gasteiger charge is 2.34. The molecule has 1 aromatic carbocycles. The van der Waals surface area contributed by atoms with Crippen molar-refractivity contribution in [1.29, 1.82) is 0 Å². The molecule has 25 heavy (non-hydrogen) atoms. The van der Waals surface area contributed by atoms with Crippen LogP contribution in [0.15, 0.2) is 24.3 Å². The van der Waals surface area contributed by atoms with Gasteiger partial charge in [0.2, 0.25) is 11.8 Å². The SMILES string of the molecule is CC(C)CCN1C[C@@H](C(=O)NCc2cccc(C(F)(F)F)c2)CC1=O. The van der Waals surface area contributed by atoms with Gasteiger partial charge in [-0.3, -0.25) is 9.59 Å². The molecule has 4 nitrogen and oxygen atoms in total. The molecule has 1 atom stereocenters. The summed E-state index contributed by atoms with van der Waals surface area (Å²) in [7, 11) is 0. The Labute approximate surface area is 145 Å². The van der Waals surface area contributed by atoms with E-state index in [2.05, 4.69) is 19.2 Å². The van der Waals surface area contributed by atoms with Gasteiger partial charge in [-0.25, -0.2) is 0 Å². The molecule has 0 aliphatic carbocycles. The maximum absolute atomic E-state index is 12.7. The third-order valence-electron chi connectivity index (χ3n) is 4.28.